The molecular weight excluding hydrogens is 278 g/mol. The molecule has 0 aromatic heterocycles. The van der Waals surface area contributed by atoms with Crippen molar-refractivity contribution in [3.05, 3.63) is 71.3 Å². The Bertz CT molecular complexity index is 651. The summed E-state index contributed by atoms with van der Waals surface area (Å²) >= 11 is 0. The summed E-state index contributed by atoms with van der Waals surface area (Å²) < 4.78 is 5.10. The molecule has 2 aromatic carbocycles. The zero-order chi connectivity index (χ0) is 15.8. The van der Waals surface area contributed by atoms with E-state index in [-0.39, 0.29) is 12.4 Å². The highest BCUT2D eigenvalue weighted by atomic mass is 16.5. The number of benzene rings is 2. The van der Waals surface area contributed by atoms with Gasteiger partial charge in [-0.05, 0) is 35.7 Å². The number of phenols is 1. The molecule has 1 amide bonds. The van der Waals surface area contributed by atoms with E-state index in [9.17, 15) is 9.90 Å². The number of carbonyl (C=O) groups excluding carboxylic acids is 1. The lowest BCUT2D eigenvalue weighted by molar-refractivity contribution is 0.141. The second-order valence-electron chi connectivity index (χ2n) is 4.89. The molecule has 0 spiro atoms. The van der Waals surface area contributed by atoms with Gasteiger partial charge in [0.2, 0.25) is 0 Å². The van der Waals surface area contributed by atoms with E-state index in [1.54, 1.807) is 12.1 Å². The lowest BCUT2D eigenvalue weighted by atomic mass is 10.1. The number of phenolic OH excluding ortho intramolecular Hbond substituents is 1. The first kappa shape index (κ1) is 15.6. The Morgan fingerprint density at radius 2 is 2.00 bits per heavy atom. The van der Waals surface area contributed by atoms with Crippen LogP contribution in [-0.4, -0.2) is 17.7 Å². The van der Waals surface area contributed by atoms with Crippen molar-refractivity contribution in [3.63, 3.8) is 0 Å². The molecule has 4 nitrogen and oxygen atoms in total. The molecular formula is C18H19NO3. The third-order valence-corrected chi connectivity index (χ3v) is 3.13. The molecule has 2 aromatic rings. The number of rotatable bonds is 5. The van der Waals surface area contributed by atoms with Crippen molar-refractivity contribution in [2.24, 2.45) is 0 Å². The van der Waals surface area contributed by atoms with Crippen molar-refractivity contribution >= 4 is 12.2 Å². The van der Waals surface area contributed by atoms with Gasteiger partial charge in [0.25, 0.3) is 0 Å². The molecule has 22 heavy (non-hydrogen) atoms. The standard InChI is InChI=1S/C18H19NO3/c1-14-12-17(20)10-9-16(14)8-5-11-19-18(21)22-13-15-6-3-2-4-7-15/h2-10,12,20H,11,13H2,1H3,(H,19,21). The van der Waals surface area contributed by atoms with Crippen molar-refractivity contribution in [2.45, 2.75) is 13.5 Å². The Balaban J connectivity index is 1.73. The van der Waals surface area contributed by atoms with Gasteiger partial charge in [-0.1, -0.05) is 48.6 Å². The van der Waals surface area contributed by atoms with Crippen LogP contribution in [0.5, 0.6) is 5.75 Å². The highest BCUT2D eigenvalue weighted by molar-refractivity contribution is 5.67. The van der Waals surface area contributed by atoms with Crippen LogP contribution in [0.15, 0.2) is 54.6 Å². The molecule has 0 saturated heterocycles. The van der Waals surface area contributed by atoms with E-state index in [0.717, 1.165) is 16.7 Å². The minimum absolute atomic E-state index is 0.247. The number of nitrogens with one attached hydrogen (secondary N) is 1. The Morgan fingerprint density at radius 1 is 1.23 bits per heavy atom. The van der Waals surface area contributed by atoms with Crippen LogP contribution in [0.2, 0.25) is 0 Å². The van der Waals surface area contributed by atoms with Gasteiger partial charge < -0.3 is 15.2 Å². The molecule has 0 aliphatic rings. The Labute approximate surface area is 130 Å². The fourth-order valence-electron chi connectivity index (χ4n) is 1.95. The molecule has 0 unspecified atom stereocenters. The van der Waals surface area contributed by atoms with E-state index >= 15 is 0 Å². The van der Waals surface area contributed by atoms with Gasteiger partial charge in [-0.2, -0.15) is 0 Å². The maximum Gasteiger partial charge on any atom is 0.407 e. The second-order valence-corrected chi connectivity index (χ2v) is 4.89. The summed E-state index contributed by atoms with van der Waals surface area (Å²) in [7, 11) is 0. The smallest absolute Gasteiger partial charge is 0.407 e. The van der Waals surface area contributed by atoms with Crippen LogP contribution in [0.25, 0.3) is 6.08 Å². The minimum Gasteiger partial charge on any atom is -0.508 e. The van der Waals surface area contributed by atoms with Gasteiger partial charge in [0, 0.05) is 6.54 Å². The zero-order valence-electron chi connectivity index (χ0n) is 12.5. The Hall–Kier alpha value is -2.75. The first-order valence-electron chi connectivity index (χ1n) is 7.06. The fraction of sp³-hybridized carbons (Fsp3) is 0.167. The molecule has 0 bridgehead atoms. The number of amides is 1. The maximum absolute atomic E-state index is 11.5. The molecule has 0 saturated carbocycles. The average Bonchev–Trinajstić information content (AvgIpc) is 2.52. The molecule has 0 aliphatic heterocycles. The molecule has 2 N–H and O–H groups in total. The van der Waals surface area contributed by atoms with E-state index in [2.05, 4.69) is 5.32 Å². The predicted molar refractivity (Wildman–Crippen MR) is 86.5 cm³/mol. The van der Waals surface area contributed by atoms with Gasteiger partial charge >= 0.3 is 6.09 Å². The van der Waals surface area contributed by atoms with Crippen LogP contribution >= 0.6 is 0 Å². The highest BCUT2D eigenvalue weighted by Gasteiger charge is 2.00. The average molecular weight is 297 g/mol. The van der Waals surface area contributed by atoms with Gasteiger partial charge in [-0.15, -0.1) is 0 Å². The number of alkyl carbamates (subject to hydrolysis) is 1. The molecule has 114 valence electrons. The molecule has 0 atom stereocenters. The predicted octanol–water partition coefficient (Wildman–Crippen LogP) is 3.64. The van der Waals surface area contributed by atoms with Crippen LogP contribution in [0.1, 0.15) is 16.7 Å². The van der Waals surface area contributed by atoms with Crippen LogP contribution < -0.4 is 5.32 Å². The quantitative estimate of drug-likeness (QED) is 0.886. The Morgan fingerprint density at radius 3 is 2.73 bits per heavy atom. The normalized spacial score (nSPS) is 10.6. The Kier molecular flexibility index (Phi) is 5.60. The van der Waals surface area contributed by atoms with Crippen LogP contribution in [0, 0.1) is 6.92 Å². The number of carbonyl (C=O) groups is 1. The van der Waals surface area contributed by atoms with Crippen LogP contribution in [0.4, 0.5) is 4.79 Å². The van der Waals surface area contributed by atoms with Crippen molar-refractivity contribution < 1.29 is 14.6 Å². The number of aromatic hydroxyl groups is 1. The second kappa shape index (κ2) is 7.88. The summed E-state index contributed by atoms with van der Waals surface area (Å²) in [4.78, 5) is 11.5. The summed E-state index contributed by atoms with van der Waals surface area (Å²) in [5.74, 6) is 0.247. The van der Waals surface area contributed by atoms with E-state index in [1.165, 1.54) is 0 Å². The number of ether oxygens (including phenoxy) is 1. The zero-order valence-corrected chi connectivity index (χ0v) is 12.5. The third-order valence-electron chi connectivity index (χ3n) is 3.13. The summed E-state index contributed by atoms with van der Waals surface area (Å²) in [6.07, 6.45) is 3.28. The lowest BCUT2D eigenvalue weighted by Gasteiger charge is -2.05. The fourth-order valence-corrected chi connectivity index (χ4v) is 1.95. The van der Waals surface area contributed by atoms with Gasteiger partial charge in [-0.3, -0.25) is 0 Å². The number of hydrogen-bond donors (Lipinski definition) is 2. The molecule has 0 fully saturated rings. The third kappa shape index (κ3) is 4.98. The van der Waals surface area contributed by atoms with Gasteiger partial charge in [0.05, 0.1) is 0 Å². The molecule has 4 heteroatoms. The topological polar surface area (TPSA) is 58.6 Å². The van der Waals surface area contributed by atoms with Crippen LogP contribution in [0.3, 0.4) is 0 Å². The van der Waals surface area contributed by atoms with Crippen molar-refractivity contribution in [3.8, 4) is 5.75 Å². The van der Waals surface area contributed by atoms with Crippen LogP contribution in [-0.2, 0) is 11.3 Å². The van der Waals surface area contributed by atoms with Crippen molar-refractivity contribution in [1.82, 2.24) is 5.32 Å². The van der Waals surface area contributed by atoms with Crippen molar-refractivity contribution in [1.29, 1.82) is 0 Å². The molecule has 0 heterocycles. The van der Waals surface area contributed by atoms with Gasteiger partial charge in [-0.25, -0.2) is 4.79 Å². The van der Waals surface area contributed by atoms with Gasteiger partial charge in [0.15, 0.2) is 0 Å². The SMILES string of the molecule is Cc1cc(O)ccc1C=CCNC(=O)OCc1ccccc1. The summed E-state index contributed by atoms with van der Waals surface area (Å²) in [6.45, 7) is 2.56. The van der Waals surface area contributed by atoms with E-state index in [1.807, 2.05) is 55.5 Å². The first-order valence-corrected chi connectivity index (χ1v) is 7.06. The summed E-state index contributed by atoms with van der Waals surface area (Å²) in [6, 6.07) is 14.7. The van der Waals surface area contributed by atoms with Gasteiger partial charge in [0.1, 0.15) is 12.4 Å². The molecule has 0 aliphatic carbocycles. The first-order chi connectivity index (χ1) is 10.6. The van der Waals surface area contributed by atoms with E-state index in [0.29, 0.717) is 6.54 Å². The van der Waals surface area contributed by atoms with Crippen molar-refractivity contribution in [2.75, 3.05) is 6.54 Å². The lowest BCUT2D eigenvalue weighted by Crippen LogP contribution is -2.24. The number of hydrogen-bond acceptors (Lipinski definition) is 3. The monoisotopic (exact) mass is 297 g/mol. The maximum atomic E-state index is 11.5. The van der Waals surface area contributed by atoms with E-state index < -0.39 is 6.09 Å². The highest BCUT2D eigenvalue weighted by Crippen LogP contribution is 2.16. The molecule has 0 radical (unpaired) electrons. The largest absolute Gasteiger partial charge is 0.508 e. The van der Waals surface area contributed by atoms with E-state index in [4.69, 9.17) is 4.74 Å². The minimum atomic E-state index is -0.448. The number of aryl methyl sites for hydroxylation is 1. The summed E-state index contributed by atoms with van der Waals surface area (Å²) in [5, 5.41) is 12.0. The summed E-state index contributed by atoms with van der Waals surface area (Å²) in [5.41, 5.74) is 2.92. The molecule has 2 rings (SSSR count).